The highest BCUT2D eigenvalue weighted by molar-refractivity contribution is 5.37. The molecule has 1 rings (SSSR count). The van der Waals surface area contributed by atoms with Crippen molar-refractivity contribution >= 4 is 5.82 Å². The Hall–Kier alpha value is -1.12. The summed E-state index contributed by atoms with van der Waals surface area (Å²) in [6, 6.07) is 2.08. The molecule has 0 saturated carbocycles. The third-order valence-electron chi connectivity index (χ3n) is 2.02. The van der Waals surface area contributed by atoms with Crippen LogP contribution in [-0.2, 0) is 6.42 Å². The highest BCUT2D eigenvalue weighted by atomic mass is 15.2. The Labute approximate surface area is 79.6 Å². The van der Waals surface area contributed by atoms with Crippen LogP contribution in [0.4, 0.5) is 5.82 Å². The van der Waals surface area contributed by atoms with Crippen molar-refractivity contribution < 1.29 is 0 Å². The van der Waals surface area contributed by atoms with E-state index < -0.39 is 0 Å². The molecule has 0 aromatic carbocycles. The first-order valence-corrected chi connectivity index (χ1v) is 4.85. The minimum atomic E-state index is 0.893. The van der Waals surface area contributed by atoms with Crippen molar-refractivity contribution in [2.45, 2.75) is 33.6 Å². The predicted molar refractivity (Wildman–Crippen MR) is 54.9 cm³/mol. The van der Waals surface area contributed by atoms with Crippen molar-refractivity contribution in [2.24, 2.45) is 0 Å². The van der Waals surface area contributed by atoms with Gasteiger partial charge in [0.05, 0.1) is 5.69 Å². The normalized spacial score (nSPS) is 10.1. The Balaban J connectivity index is 2.74. The number of anilines is 1. The van der Waals surface area contributed by atoms with E-state index in [-0.39, 0.29) is 0 Å². The predicted octanol–water partition coefficient (Wildman–Crippen LogP) is 2.17. The summed E-state index contributed by atoms with van der Waals surface area (Å²) in [7, 11) is 0. The fourth-order valence-electron chi connectivity index (χ4n) is 1.19. The van der Waals surface area contributed by atoms with E-state index in [1.165, 1.54) is 5.56 Å². The molecule has 1 N–H and O–H groups in total. The number of aryl methyl sites for hydroxylation is 2. The molecule has 0 atom stereocenters. The summed E-state index contributed by atoms with van der Waals surface area (Å²) in [4.78, 5) is 0. The Morgan fingerprint density at radius 2 is 2.08 bits per heavy atom. The fraction of sp³-hybridized carbons (Fsp3) is 0.600. The van der Waals surface area contributed by atoms with Crippen molar-refractivity contribution in [1.82, 2.24) is 10.2 Å². The summed E-state index contributed by atoms with van der Waals surface area (Å²) >= 11 is 0. The average Bonchev–Trinajstić information content (AvgIpc) is 2.16. The largest absolute Gasteiger partial charge is 0.369 e. The highest BCUT2D eigenvalue weighted by Gasteiger charge is 2.00. The lowest BCUT2D eigenvalue weighted by Gasteiger charge is -2.06. The molecule has 72 valence electrons. The van der Waals surface area contributed by atoms with Crippen LogP contribution >= 0.6 is 0 Å². The van der Waals surface area contributed by atoms with Crippen molar-refractivity contribution in [2.75, 3.05) is 11.9 Å². The van der Waals surface area contributed by atoms with E-state index in [0.29, 0.717) is 0 Å². The van der Waals surface area contributed by atoms with Gasteiger partial charge in [-0.2, -0.15) is 5.10 Å². The van der Waals surface area contributed by atoms with Crippen LogP contribution in [0, 0.1) is 6.92 Å². The number of hydrogen-bond donors (Lipinski definition) is 1. The molecule has 0 fully saturated rings. The third-order valence-corrected chi connectivity index (χ3v) is 2.02. The lowest BCUT2D eigenvalue weighted by molar-refractivity contribution is 0.905. The molecular weight excluding hydrogens is 162 g/mol. The van der Waals surface area contributed by atoms with Gasteiger partial charge in [0.15, 0.2) is 0 Å². The molecule has 13 heavy (non-hydrogen) atoms. The quantitative estimate of drug-likeness (QED) is 0.769. The van der Waals surface area contributed by atoms with Gasteiger partial charge in [-0.3, -0.25) is 0 Å². The Bertz CT molecular complexity index is 271. The number of nitrogens with zero attached hydrogens (tertiary/aromatic N) is 2. The monoisotopic (exact) mass is 179 g/mol. The topological polar surface area (TPSA) is 37.8 Å². The van der Waals surface area contributed by atoms with Gasteiger partial charge >= 0.3 is 0 Å². The molecule has 0 aliphatic rings. The Kier molecular flexibility index (Phi) is 3.68. The molecule has 3 nitrogen and oxygen atoms in total. The van der Waals surface area contributed by atoms with Crippen molar-refractivity contribution in [3.8, 4) is 0 Å². The van der Waals surface area contributed by atoms with Crippen molar-refractivity contribution in [3.05, 3.63) is 17.3 Å². The van der Waals surface area contributed by atoms with Crippen LogP contribution in [0.3, 0.4) is 0 Å². The van der Waals surface area contributed by atoms with E-state index in [1.54, 1.807) is 0 Å². The lowest BCUT2D eigenvalue weighted by atomic mass is 10.2. The molecule has 1 heterocycles. The smallest absolute Gasteiger partial charge is 0.148 e. The van der Waals surface area contributed by atoms with Crippen LogP contribution in [-0.4, -0.2) is 16.7 Å². The second-order valence-corrected chi connectivity index (χ2v) is 3.12. The second kappa shape index (κ2) is 4.80. The first-order chi connectivity index (χ1) is 6.27. The summed E-state index contributed by atoms with van der Waals surface area (Å²) in [6.07, 6.45) is 2.12. The van der Waals surface area contributed by atoms with E-state index in [4.69, 9.17) is 0 Å². The van der Waals surface area contributed by atoms with Gasteiger partial charge in [0.1, 0.15) is 5.82 Å². The minimum absolute atomic E-state index is 0.893. The van der Waals surface area contributed by atoms with Crippen molar-refractivity contribution in [1.29, 1.82) is 0 Å². The summed E-state index contributed by atoms with van der Waals surface area (Å²) in [6.45, 7) is 7.22. The molecule has 0 unspecified atom stereocenters. The number of nitrogens with one attached hydrogen (secondary N) is 1. The summed E-state index contributed by atoms with van der Waals surface area (Å²) < 4.78 is 0. The van der Waals surface area contributed by atoms with Gasteiger partial charge in [0.25, 0.3) is 0 Å². The van der Waals surface area contributed by atoms with E-state index in [1.807, 2.05) is 6.92 Å². The first-order valence-electron chi connectivity index (χ1n) is 4.85. The molecule has 1 aromatic heterocycles. The molecule has 3 heteroatoms. The number of aromatic nitrogens is 2. The zero-order valence-electron chi connectivity index (χ0n) is 8.59. The van der Waals surface area contributed by atoms with Crippen LogP contribution < -0.4 is 5.32 Å². The Morgan fingerprint density at radius 3 is 2.69 bits per heavy atom. The Morgan fingerprint density at radius 1 is 1.31 bits per heavy atom. The zero-order valence-corrected chi connectivity index (χ0v) is 8.59. The molecule has 1 aromatic rings. The molecule has 0 aliphatic carbocycles. The molecule has 0 aliphatic heterocycles. The van der Waals surface area contributed by atoms with Crippen LogP contribution in [0.1, 0.15) is 31.5 Å². The maximum atomic E-state index is 4.09. The van der Waals surface area contributed by atoms with Gasteiger partial charge in [-0.25, -0.2) is 0 Å². The van der Waals surface area contributed by atoms with Gasteiger partial charge in [0.2, 0.25) is 0 Å². The SMILES string of the molecule is CCCNc1cc(CC)c(C)nn1. The maximum Gasteiger partial charge on any atom is 0.148 e. The van der Waals surface area contributed by atoms with Gasteiger partial charge in [0, 0.05) is 6.54 Å². The minimum Gasteiger partial charge on any atom is -0.369 e. The van der Waals surface area contributed by atoms with E-state index >= 15 is 0 Å². The van der Waals surface area contributed by atoms with Gasteiger partial charge in [-0.15, -0.1) is 5.10 Å². The summed E-state index contributed by atoms with van der Waals surface area (Å²) in [5.41, 5.74) is 2.30. The fourth-order valence-corrected chi connectivity index (χ4v) is 1.19. The third kappa shape index (κ3) is 2.68. The zero-order chi connectivity index (χ0) is 9.68. The maximum absolute atomic E-state index is 4.09. The van der Waals surface area contributed by atoms with Crippen LogP contribution in [0.2, 0.25) is 0 Å². The number of hydrogen-bond acceptors (Lipinski definition) is 3. The summed E-state index contributed by atoms with van der Waals surface area (Å²) in [5, 5.41) is 11.4. The lowest BCUT2D eigenvalue weighted by Crippen LogP contribution is -2.05. The molecule has 0 bridgehead atoms. The molecule has 0 saturated heterocycles. The van der Waals surface area contributed by atoms with Crippen LogP contribution in [0.15, 0.2) is 6.07 Å². The standard InChI is InChI=1S/C10H17N3/c1-4-6-11-10-7-9(5-2)8(3)12-13-10/h7H,4-6H2,1-3H3,(H,11,13). The summed E-state index contributed by atoms with van der Waals surface area (Å²) in [5.74, 6) is 0.893. The van der Waals surface area contributed by atoms with E-state index in [9.17, 15) is 0 Å². The number of rotatable bonds is 4. The van der Waals surface area contributed by atoms with Crippen molar-refractivity contribution in [3.63, 3.8) is 0 Å². The van der Waals surface area contributed by atoms with Crippen LogP contribution in [0.25, 0.3) is 0 Å². The molecule has 0 radical (unpaired) electrons. The van der Waals surface area contributed by atoms with Gasteiger partial charge < -0.3 is 5.32 Å². The molecule has 0 spiro atoms. The second-order valence-electron chi connectivity index (χ2n) is 3.12. The van der Waals surface area contributed by atoms with E-state index in [2.05, 4.69) is 35.4 Å². The van der Waals surface area contributed by atoms with Crippen LogP contribution in [0.5, 0.6) is 0 Å². The average molecular weight is 179 g/mol. The first kappa shape index (κ1) is 9.96. The highest BCUT2D eigenvalue weighted by Crippen LogP contribution is 2.09. The molecule has 0 amide bonds. The van der Waals surface area contributed by atoms with Gasteiger partial charge in [-0.1, -0.05) is 13.8 Å². The van der Waals surface area contributed by atoms with Gasteiger partial charge in [-0.05, 0) is 31.4 Å². The molecular formula is C10H17N3. The van der Waals surface area contributed by atoms with E-state index in [0.717, 1.165) is 30.9 Å².